The van der Waals surface area contributed by atoms with Crippen molar-refractivity contribution in [2.45, 2.75) is 6.42 Å². The van der Waals surface area contributed by atoms with Crippen LogP contribution >= 0.6 is 0 Å². The second-order valence-electron chi connectivity index (χ2n) is 5.17. The third kappa shape index (κ3) is 5.34. The minimum absolute atomic E-state index is 0.188. The highest BCUT2D eigenvalue weighted by atomic mass is 16.5. The first-order valence-corrected chi connectivity index (χ1v) is 7.54. The van der Waals surface area contributed by atoms with Crippen molar-refractivity contribution in [2.75, 3.05) is 38.8 Å². The fraction of sp³-hybridized carbons (Fsp3) is 0.353. The largest absolute Gasteiger partial charge is 0.383 e. The lowest BCUT2D eigenvalue weighted by Gasteiger charge is -2.19. The number of anilines is 1. The number of likely N-dealkylation sites (N-methyl/N-ethyl adjacent to an activating group) is 1. The number of aromatic nitrogens is 2. The molecule has 0 aromatic carbocycles. The molecule has 2 aromatic rings. The van der Waals surface area contributed by atoms with Crippen LogP contribution in [0.2, 0.25) is 0 Å². The average Bonchev–Trinajstić information content (AvgIpc) is 2.61. The first-order chi connectivity index (χ1) is 11.2. The topological polar surface area (TPSA) is 67.3 Å². The zero-order valence-electron chi connectivity index (χ0n) is 13.5. The minimum Gasteiger partial charge on any atom is -0.383 e. The van der Waals surface area contributed by atoms with E-state index in [2.05, 4.69) is 20.2 Å². The molecule has 0 aliphatic carbocycles. The second kappa shape index (κ2) is 8.85. The molecule has 0 aliphatic rings. The molecular formula is C17H22N4O2. The van der Waals surface area contributed by atoms with Gasteiger partial charge in [0.25, 0.3) is 5.91 Å². The standard InChI is InChI=1S/C17H22N4O2/c1-21(11-6-14-3-7-18-8-4-14)15-5-9-19-16(13-15)17(22)20-10-12-23-2/h3-5,7-9,13H,6,10-12H2,1-2H3,(H,20,22). The monoisotopic (exact) mass is 314 g/mol. The first-order valence-electron chi connectivity index (χ1n) is 7.54. The van der Waals surface area contributed by atoms with Gasteiger partial charge in [-0.05, 0) is 36.2 Å². The Morgan fingerprint density at radius 3 is 2.78 bits per heavy atom. The molecule has 0 saturated carbocycles. The van der Waals surface area contributed by atoms with Crippen LogP contribution < -0.4 is 10.2 Å². The SMILES string of the molecule is COCCNC(=O)c1cc(N(C)CCc2ccncc2)ccn1. The Kier molecular flexibility index (Phi) is 6.50. The number of hydrogen-bond acceptors (Lipinski definition) is 5. The molecule has 2 rings (SSSR count). The third-order valence-corrected chi connectivity index (χ3v) is 3.49. The summed E-state index contributed by atoms with van der Waals surface area (Å²) in [6, 6.07) is 7.72. The van der Waals surface area contributed by atoms with Crippen LogP contribution in [0.15, 0.2) is 42.9 Å². The third-order valence-electron chi connectivity index (χ3n) is 3.49. The van der Waals surface area contributed by atoms with Gasteiger partial charge in [0.1, 0.15) is 5.69 Å². The summed E-state index contributed by atoms with van der Waals surface area (Å²) in [6.45, 7) is 1.80. The predicted molar refractivity (Wildman–Crippen MR) is 89.7 cm³/mol. The Morgan fingerprint density at radius 2 is 2.04 bits per heavy atom. The number of nitrogens with zero attached hydrogens (tertiary/aromatic N) is 3. The molecule has 1 amide bonds. The lowest BCUT2D eigenvalue weighted by molar-refractivity contribution is 0.0932. The van der Waals surface area contributed by atoms with Crippen molar-refractivity contribution < 1.29 is 9.53 Å². The molecule has 0 unspecified atom stereocenters. The van der Waals surface area contributed by atoms with Crippen molar-refractivity contribution in [2.24, 2.45) is 0 Å². The summed E-state index contributed by atoms with van der Waals surface area (Å²) < 4.78 is 4.92. The van der Waals surface area contributed by atoms with Crippen molar-refractivity contribution in [1.29, 1.82) is 0 Å². The Morgan fingerprint density at radius 1 is 1.26 bits per heavy atom. The maximum Gasteiger partial charge on any atom is 0.270 e. The van der Waals surface area contributed by atoms with Crippen molar-refractivity contribution in [3.63, 3.8) is 0 Å². The highest BCUT2D eigenvalue weighted by Crippen LogP contribution is 2.13. The number of hydrogen-bond donors (Lipinski definition) is 1. The quantitative estimate of drug-likeness (QED) is 0.749. The van der Waals surface area contributed by atoms with E-state index in [1.54, 1.807) is 31.8 Å². The Hall–Kier alpha value is -2.47. The van der Waals surface area contributed by atoms with Crippen molar-refractivity contribution in [3.8, 4) is 0 Å². The zero-order chi connectivity index (χ0) is 16.5. The lowest BCUT2D eigenvalue weighted by Crippen LogP contribution is -2.28. The van der Waals surface area contributed by atoms with E-state index in [1.807, 2.05) is 25.2 Å². The number of carbonyl (C=O) groups is 1. The number of amides is 1. The van der Waals surface area contributed by atoms with E-state index in [1.165, 1.54) is 5.56 Å². The predicted octanol–water partition coefficient (Wildman–Crippen LogP) is 1.53. The molecule has 122 valence electrons. The summed E-state index contributed by atoms with van der Waals surface area (Å²) in [7, 11) is 3.60. The molecule has 23 heavy (non-hydrogen) atoms. The fourth-order valence-electron chi connectivity index (χ4n) is 2.11. The van der Waals surface area contributed by atoms with Crippen LogP contribution in [0.1, 0.15) is 16.1 Å². The minimum atomic E-state index is -0.188. The highest BCUT2D eigenvalue weighted by molar-refractivity contribution is 5.93. The normalized spacial score (nSPS) is 10.3. The number of rotatable bonds is 8. The smallest absolute Gasteiger partial charge is 0.270 e. The Bertz CT molecular complexity index is 619. The van der Waals surface area contributed by atoms with Gasteiger partial charge in [-0.15, -0.1) is 0 Å². The van der Waals surface area contributed by atoms with Crippen LogP contribution in [0.5, 0.6) is 0 Å². The number of nitrogens with one attached hydrogen (secondary N) is 1. The van der Waals surface area contributed by atoms with Gasteiger partial charge in [-0.2, -0.15) is 0 Å². The summed E-state index contributed by atoms with van der Waals surface area (Å²) in [6.07, 6.45) is 6.16. The van der Waals surface area contributed by atoms with Crippen molar-refractivity contribution >= 4 is 11.6 Å². The summed E-state index contributed by atoms with van der Waals surface area (Å²) >= 11 is 0. The molecule has 2 heterocycles. The summed E-state index contributed by atoms with van der Waals surface area (Å²) in [5.41, 5.74) is 2.61. The molecule has 6 nitrogen and oxygen atoms in total. The molecule has 0 bridgehead atoms. The Labute approximate surface area is 136 Å². The van der Waals surface area contributed by atoms with Gasteiger partial charge in [-0.3, -0.25) is 14.8 Å². The second-order valence-corrected chi connectivity index (χ2v) is 5.17. The van der Waals surface area contributed by atoms with Crippen LogP contribution in [0.25, 0.3) is 0 Å². The molecular weight excluding hydrogens is 292 g/mol. The van der Waals surface area contributed by atoms with E-state index in [9.17, 15) is 4.79 Å². The van der Waals surface area contributed by atoms with Crippen LogP contribution in [0.4, 0.5) is 5.69 Å². The maximum atomic E-state index is 12.0. The van der Waals surface area contributed by atoms with Crippen molar-refractivity contribution in [3.05, 3.63) is 54.1 Å². The van der Waals surface area contributed by atoms with Crippen LogP contribution in [0.3, 0.4) is 0 Å². The summed E-state index contributed by atoms with van der Waals surface area (Å²) in [4.78, 5) is 22.3. The van der Waals surface area contributed by atoms with E-state index in [0.29, 0.717) is 18.8 Å². The lowest BCUT2D eigenvalue weighted by atomic mass is 10.2. The molecule has 6 heteroatoms. The maximum absolute atomic E-state index is 12.0. The van der Waals surface area contributed by atoms with Gasteiger partial charge in [-0.25, -0.2) is 0 Å². The molecule has 0 radical (unpaired) electrons. The number of pyridine rings is 2. The van der Waals surface area contributed by atoms with Crippen LogP contribution in [-0.2, 0) is 11.2 Å². The molecule has 1 N–H and O–H groups in total. The summed E-state index contributed by atoms with van der Waals surface area (Å²) in [5, 5.41) is 2.77. The fourth-order valence-corrected chi connectivity index (χ4v) is 2.11. The zero-order valence-corrected chi connectivity index (χ0v) is 13.5. The molecule has 0 saturated heterocycles. The van der Waals surface area contributed by atoms with Gasteiger partial charge in [0.2, 0.25) is 0 Å². The van der Waals surface area contributed by atoms with Gasteiger partial charge < -0.3 is 15.0 Å². The number of methoxy groups -OCH3 is 1. The van der Waals surface area contributed by atoms with Gasteiger partial charge in [0.05, 0.1) is 6.61 Å². The molecule has 0 atom stereocenters. The van der Waals surface area contributed by atoms with Gasteiger partial charge in [0.15, 0.2) is 0 Å². The summed E-state index contributed by atoms with van der Waals surface area (Å²) in [5.74, 6) is -0.188. The van der Waals surface area contributed by atoms with Gasteiger partial charge in [-0.1, -0.05) is 0 Å². The number of ether oxygens (including phenoxy) is 1. The molecule has 0 aliphatic heterocycles. The molecule has 2 aromatic heterocycles. The van der Waals surface area contributed by atoms with E-state index in [0.717, 1.165) is 18.7 Å². The van der Waals surface area contributed by atoms with E-state index in [-0.39, 0.29) is 5.91 Å². The van der Waals surface area contributed by atoms with Crippen LogP contribution in [0, 0.1) is 0 Å². The van der Waals surface area contributed by atoms with E-state index < -0.39 is 0 Å². The van der Waals surface area contributed by atoms with Crippen molar-refractivity contribution in [1.82, 2.24) is 15.3 Å². The number of carbonyl (C=O) groups excluding carboxylic acids is 1. The van der Waals surface area contributed by atoms with Gasteiger partial charge in [0, 0.05) is 51.5 Å². The van der Waals surface area contributed by atoms with Gasteiger partial charge >= 0.3 is 0 Å². The first kappa shape index (κ1) is 16.9. The Balaban J connectivity index is 1.94. The van der Waals surface area contributed by atoms with E-state index >= 15 is 0 Å². The molecule has 0 spiro atoms. The molecule has 0 fully saturated rings. The van der Waals surface area contributed by atoms with E-state index in [4.69, 9.17) is 4.74 Å². The van der Waals surface area contributed by atoms with Crippen LogP contribution in [-0.4, -0.2) is 49.7 Å². The highest BCUT2D eigenvalue weighted by Gasteiger charge is 2.09. The average molecular weight is 314 g/mol.